The van der Waals surface area contributed by atoms with Crippen molar-refractivity contribution in [1.82, 2.24) is 0 Å². The number of carbonyl (C=O) groups is 3. The van der Waals surface area contributed by atoms with Crippen molar-refractivity contribution in [3.63, 3.8) is 0 Å². The summed E-state index contributed by atoms with van der Waals surface area (Å²) in [5.41, 5.74) is 5.46. The van der Waals surface area contributed by atoms with Crippen LogP contribution in [-0.2, 0) is 33.3 Å². The molecule has 0 aromatic rings. The van der Waals surface area contributed by atoms with E-state index in [2.05, 4.69) is 0 Å². The number of carbonyl (C=O) groups excluding carboxylic acids is 3. The van der Waals surface area contributed by atoms with Gasteiger partial charge in [0.05, 0.1) is 0 Å². The summed E-state index contributed by atoms with van der Waals surface area (Å²) in [4.78, 5) is 33.1. The van der Waals surface area contributed by atoms with Gasteiger partial charge in [-0.15, -0.1) is 0 Å². The molecule has 1 aliphatic rings. The summed E-state index contributed by atoms with van der Waals surface area (Å²) in [6, 6.07) is 0. The Morgan fingerprint density at radius 1 is 1.05 bits per heavy atom. The zero-order valence-corrected chi connectivity index (χ0v) is 11.9. The highest BCUT2D eigenvalue weighted by atomic mass is 19.1. The van der Waals surface area contributed by atoms with Gasteiger partial charge in [-0.05, 0) is 0 Å². The molecule has 0 radical (unpaired) electrons. The van der Waals surface area contributed by atoms with Crippen LogP contribution in [0.15, 0.2) is 0 Å². The summed E-state index contributed by atoms with van der Waals surface area (Å²) in [6.45, 7) is 3.05. The molecule has 0 saturated carbocycles. The SMILES string of the molecule is CC(=O)OC[C@H]1O[C@@H](N)[C@H](F)[C@@H](OC(C)=O)[C@@H]1OC(C)=O. The van der Waals surface area contributed by atoms with Gasteiger partial charge in [0.25, 0.3) is 0 Å². The molecule has 0 aliphatic carbocycles. The fourth-order valence-corrected chi connectivity index (χ4v) is 1.93. The molecule has 8 nitrogen and oxygen atoms in total. The van der Waals surface area contributed by atoms with Gasteiger partial charge in [-0.3, -0.25) is 14.4 Å². The molecule has 1 saturated heterocycles. The number of halogens is 1. The van der Waals surface area contributed by atoms with Crippen molar-refractivity contribution in [3.05, 3.63) is 0 Å². The second kappa shape index (κ2) is 7.32. The molecule has 0 spiro atoms. The maximum absolute atomic E-state index is 14.0. The number of ether oxygens (including phenoxy) is 4. The molecule has 120 valence electrons. The Labute approximate surface area is 120 Å². The predicted octanol–water partition coefficient (Wildman–Crippen LogP) is -0.565. The largest absolute Gasteiger partial charge is 0.463 e. The van der Waals surface area contributed by atoms with Crippen LogP contribution >= 0.6 is 0 Å². The third-order valence-electron chi connectivity index (χ3n) is 2.70. The Morgan fingerprint density at radius 3 is 2.05 bits per heavy atom. The van der Waals surface area contributed by atoms with Gasteiger partial charge in [0.1, 0.15) is 18.9 Å². The van der Waals surface area contributed by atoms with Crippen LogP contribution in [0.25, 0.3) is 0 Å². The lowest BCUT2D eigenvalue weighted by Gasteiger charge is -2.40. The lowest BCUT2D eigenvalue weighted by atomic mass is 9.99. The Kier molecular flexibility index (Phi) is 6.03. The Morgan fingerprint density at radius 2 is 1.57 bits per heavy atom. The third-order valence-corrected chi connectivity index (χ3v) is 2.70. The molecule has 21 heavy (non-hydrogen) atoms. The molecule has 1 heterocycles. The molecule has 1 aliphatic heterocycles. The van der Waals surface area contributed by atoms with Crippen molar-refractivity contribution in [2.75, 3.05) is 6.61 Å². The molecule has 5 atom stereocenters. The summed E-state index contributed by atoms with van der Waals surface area (Å²) in [5.74, 6) is -2.09. The molecule has 0 unspecified atom stereocenters. The van der Waals surface area contributed by atoms with Gasteiger partial charge >= 0.3 is 17.9 Å². The molecular formula is C12H18FNO7. The van der Waals surface area contributed by atoms with E-state index in [1.807, 2.05) is 0 Å². The van der Waals surface area contributed by atoms with Gasteiger partial charge in [0, 0.05) is 20.8 Å². The van der Waals surface area contributed by atoms with Crippen molar-refractivity contribution in [2.24, 2.45) is 5.73 Å². The van der Waals surface area contributed by atoms with Crippen LogP contribution in [0.4, 0.5) is 4.39 Å². The second-order valence-electron chi connectivity index (χ2n) is 4.53. The average molecular weight is 307 g/mol. The first-order chi connectivity index (χ1) is 9.72. The zero-order valence-electron chi connectivity index (χ0n) is 11.9. The smallest absolute Gasteiger partial charge is 0.303 e. The highest BCUT2D eigenvalue weighted by molar-refractivity contribution is 5.67. The number of esters is 3. The van der Waals surface area contributed by atoms with E-state index in [1.54, 1.807) is 0 Å². The Hall–Kier alpha value is -1.74. The van der Waals surface area contributed by atoms with Crippen LogP contribution in [0.5, 0.6) is 0 Å². The molecule has 0 bridgehead atoms. The van der Waals surface area contributed by atoms with Crippen LogP contribution in [0, 0.1) is 0 Å². The molecule has 1 fully saturated rings. The second-order valence-corrected chi connectivity index (χ2v) is 4.53. The summed E-state index contributed by atoms with van der Waals surface area (Å²) >= 11 is 0. The van der Waals surface area contributed by atoms with Gasteiger partial charge in [0.15, 0.2) is 18.4 Å². The first-order valence-electron chi connectivity index (χ1n) is 6.25. The highest BCUT2D eigenvalue weighted by Gasteiger charge is 2.49. The molecule has 0 aromatic carbocycles. The Balaban J connectivity index is 2.94. The van der Waals surface area contributed by atoms with E-state index in [0.29, 0.717) is 0 Å². The predicted molar refractivity (Wildman–Crippen MR) is 65.5 cm³/mol. The summed E-state index contributed by atoms with van der Waals surface area (Å²) in [5, 5.41) is 0. The number of hydrogen-bond acceptors (Lipinski definition) is 8. The number of hydrogen-bond donors (Lipinski definition) is 1. The first-order valence-corrected chi connectivity index (χ1v) is 6.25. The molecule has 1 rings (SSSR count). The first kappa shape index (κ1) is 17.3. The molecule has 0 amide bonds. The van der Waals surface area contributed by atoms with Gasteiger partial charge in [-0.25, -0.2) is 4.39 Å². The van der Waals surface area contributed by atoms with E-state index >= 15 is 0 Å². The van der Waals surface area contributed by atoms with E-state index in [4.69, 9.17) is 24.7 Å². The molecule has 9 heteroatoms. The van der Waals surface area contributed by atoms with Crippen molar-refractivity contribution in [2.45, 2.75) is 51.5 Å². The van der Waals surface area contributed by atoms with Crippen LogP contribution in [0.1, 0.15) is 20.8 Å². The summed E-state index contributed by atoms with van der Waals surface area (Å²) < 4.78 is 33.7. The fourth-order valence-electron chi connectivity index (χ4n) is 1.93. The molecule has 0 aromatic heterocycles. The van der Waals surface area contributed by atoms with Gasteiger partial charge < -0.3 is 24.7 Å². The van der Waals surface area contributed by atoms with Crippen molar-refractivity contribution >= 4 is 17.9 Å². The average Bonchev–Trinajstić information content (AvgIpc) is 2.35. The minimum atomic E-state index is -1.88. The topological polar surface area (TPSA) is 114 Å². The standard InChI is InChI=1S/C12H18FNO7/c1-5(15)18-4-8-10(19-6(2)16)11(20-7(3)17)9(13)12(14)21-8/h8-12H,4,14H2,1-3H3/t8-,9-,10-,11-,12-/m1/s1. The van der Waals surface area contributed by atoms with E-state index < -0.39 is 48.6 Å². The van der Waals surface area contributed by atoms with Crippen molar-refractivity contribution in [1.29, 1.82) is 0 Å². The van der Waals surface area contributed by atoms with Crippen LogP contribution in [-0.4, -0.2) is 55.2 Å². The van der Waals surface area contributed by atoms with E-state index in [-0.39, 0.29) is 6.61 Å². The number of rotatable bonds is 4. The maximum atomic E-state index is 14.0. The molecule has 2 N–H and O–H groups in total. The summed E-state index contributed by atoms with van der Waals surface area (Å²) in [6.07, 6.45) is -7.02. The zero-order chi connectivity index (χ0) is 16.2. The minimum absolute atomic E-state index is 0.314. The minimum Gasteiger partial charge on any atom is -0.463 e. The van der Waals surface area contributed by atoms with Crippen LogP contribution in [0.2, 0.25) is 0 Å². The van der Waals surface area contributed by atoms with E-state index in [1.165, 1.54) is 6.92 Å². The quantitative estimate of drug-likeness (QED) is 0.543. The maximum Gasteiger partial charge on any atom is 0.303 e. The van der Waals surface area contributed by atoms with Gasteiger partial charge in [-0.2, -0.15) is 0 Å². The fraction of sp³-hybridized carbons (Fsp3) is 0.750. The Bertz CT molecular complexity index is 416. The van der Waals surface area contributed by atoms with Crippen LogP contribution < -0.4 is 5.73 Å². The number of alkyl halides is 1. The van der Waals surface area contributed by atoms with Crippen molar-refractivity contribution in [3.8, 4) is 0 Å². The monoisotopic (exact) mass is 307 g/mol. The van der Waals surface area contributed by atoms with Gasteiger partial charge in [-0.1, -0.05) is 0 Å². The normalized spacial score (nSPS) is 32.1. The van der Waals surface area contributed by atoms with E-state index in [9.17, 15) is 18.8 Å². The lowest BCUT2D eigenvalue weighted by Crippen LogP contribution is -2.62. The third kappa shape index (κ3) is 4.94. The van der Waals surface area contributed by atoms with Crippen molar-refractivity contribution < 1.29 is 37.7 Å². The van der Waals surface area contributed by atoms with Crippen LogP contribution in [0.3, 0.4) is 0 Å². The lowest BCUT2D eigenvalue weighted by molar-refractivity contribution is -0.234. The highest BCUT2D eigenvalue weighted by Crippen LogP contribution is 2.26. The van der Waals surface area contributed by atoms with Gasteiger partial charge in [0.2, 0.25) is 0 Å². The summed E-state index contributed by atoms with van der Waals surface area (Å²) in [7, 11) is 0. The van der Waals surface area contributed by atoms with E-state index in [0.717, 1.165) is 13.8 Å². The number of nitrogens with two attached hydrogens (primary N) is 1. The molecular weight excluding hydrogens is 289 g/mol.